The number of nitrogen functional groups attached to an aromatic ring is 1. The number of anilines is 8. The number of benzene rings is 6. The van der Waals surface area contributed by atoms with Gasteiger partial charge in [-0.25, -0.2) is 56.3 Å². The molecule has 0 saturated carbocycles. The monoisotopic (exact) mass is 1610 g/mol. The van der Waals surface area contributed by atoms with E-state index in [1.807, 2.05) is 97.8 Å². The molecule has 15 N–H and O–H groups in total. The average Bonchev–Trinajstić information content (AvgIpc) is 1.76. The van der Waals surface area contributed by atoms with Gasteiger partial charge in [0.25, 0.3) is 0 Å². The third-order valence-electron chi connectivity index (χ3n) is 20.6. The normalized spacial score (nSPS) is 13.4. The van der Waals surface area contributed by atoms with Gasteiger partial charge < -0.3 is 81.1 Å². The van der Waals surface area contributed by atoms with Crippen molar-refractivity contribution in [2.24, 2.45) is 11.5 Å². The van der Waals surface area contributed by atoms with Gasteiger partial charge in [0.1, 0.15) is 5.84 Å². The van der Waals surface area contributed by atoms with Crippen LogP contribution in [0, 0.1) is 5.41 Å². The number of hydrogen-bond donors (Lipinski definition) is 13. The molecule has 34 heteroatoms. The summed E-state index contributed by atoms with van der Waals surface area (Å²) in [5, 5.41) is 14.1. The van der Waals surface area contributed by atoms with E-state index in [1.54, 1.807) is 75.3 Å². The molecule has 12 heterocycles. The topological polar surface area (TPSA) is 423 Å². The fraction of sp³-hybridized carbons (Fsp3) is 0.280. The number of nitrogens with two attached hydrogens (primary N) is 2. The first-order valence-electron chi connectivity index (χ1n) is 38.1. The quantitative estimate of drug-likeness (QED) is 0.0235. The Morgan fingerprint density at radius 1 is 0.509 bits per heavy atom. The van der Waals surface area contributed by atoms with Gasteiger partial charge in [0.05, 0.1) is 122 Å². The Morgan fingerprint density at radius 2 is 0.948 bits per heavy atom. The molecule has 0 bridgehead atoms. The van der Waals surface area contributed by atoms with E-state index in [-0.39, 0.29) is 17.8 Å². The summed E-state index contributed by atoms with van der Waals surface area (Å²) in [6.07, 6.45) is 30.3. The van der Waals surface area contributed by atoms with Crippen molar-refractivity contribution in [1.82, 2.24) is 74.4 Å². The lowest BCUT2D eigenvalue weighted by molar-refractivity contribution is -0.114. The average molecular weight is 1610 g/mol. The molecule has 0 fully saturated rings. The number of urea groups is 1. The molecule has 0 spiro atoms. The molecule has 13 aromatic rings. The predicted octanol–water partition coefficient (Wildman–Crippen LogP) is 9.07. The van der Waals surface area contributed by atoms with Crippen LogP contribution in [0.1, 0.15) is 80.0 Å². The Morgan fingerprint density at radius 3 is 1.42 bits per heavy atom. The molecule has 116 heavy (non-hydrogen) atoms. The first kappa shape index (κ1) is 81.0. The van der Waals surface area contributed by atoms with Gasteiger partial charge in [0, 0.05) is 168 Å². The van der Waals surface area contributed by atoms with Crippen LogP contribution in [0.5, 0.6) is 0 Å². The lowest BCUT2D eigenvalue weighted by atomic mass is 10.1. The van der Waals surface area contributed by atoms with Crippen LogP contribution < -0.4 is 60.9 Å². The number of sulfonamides is 2. The number of hydrogen-bond acceptors (Lipinski definition) is 19. The molecular formula is C82H98N26O6S2. The minimum Gasteiger partial charge on any atom is -0.384 e. The highest BCUT2D eigenvalue weighted by atomic mass is 32.2. The van der Waals surface area contributed by atoms with Crippen LogP contribution in [0.3, 0.4) is 0 Å². The van der Waals surface area contributed by atoms with Crippen molar-refractivity contribution in [2.75, 3.05) is 106 Å². The molecule has 18 rings (SSSR count). The summed E-state index contributed by atoms with van der Waals surface area (Å²) in [5.41, 5.74) is 35.4. The van der Waals surface area contributed by atoms with Crippen LogP contribution in [-0.4, -0.2) is 166 Å². The highest BCUT2D eigenvalue weighted by Gasteiger charge is 2.27. The summed E-state index contributed by atoms with van der Waals surface area (Å²) in [6, 6.07) is 37.6. The Balaban J connectivity index is 0.000000121. The van der Waals surface area contributed by atoms with E-state index in [9.17, 15) is 26.4 Å². The Bertz CT molecular complexity index is 5660. The highest BCUT2D eigenvalue weighted by Crippen LogP contribution is 2.37. The van der Waals surface area contributed by atoms with Crippen molar-refractivity contribution in [3.05, 3.63) is 270 Å². The second kappa shape index (κ2) is 37.3. The minimum atomic E-state index is -3.40. The summed E-state index contributed by atoms with van der Waals surface area (Å²) in [4.78, 5) is 79.0. The van der Waals surface area contributed by atoms with Crippen molar-refractivity contribution in [3.63, 3.8) is 0 Å². The van der Waals surface area contributed by atoms with Gasteiger partial charge in [-0.15, -0.1) is 0 Å². The summed E-state index contributed by atoms with van der Waals surface area (Å²) in [5.74, 6) is 0.0530. The lowest BCUT2D eigenvalue weighted by Crippen LogP contribution is -2.34. The fourth-order valence-corrected chi connectivity index (χ4v) is 15.9. The molecular weight excluding hydrogens is 1510 g/mol. The number of amides is 3. The second-order valence-electron chi connectivity index (χ2n) is 28.6. The van der Waals surface area contributed by atoms with E-state index in [4.69, 9.17) is 16.9 Å². The van der Waals surface area contributed by atoms with Gasteiger partial charge in [0.15, 0.2) is 0 Å². The summed E-state index contributed by atoms with van der Waals surface area (Å²) < 4.78 is 53.4. The SMILES string of the molecule is CC(=O)Nc1ccc2ccn(Cc3cnc[nH]3)c2c1.CNC(=O)N(C)c1ccc2c(c1)N(Cc1cnc[nH]1)CC2.CNS(=O)(=O)c1ccc2c(c1)N(Cc1cnc[nH]1)CC2.CS(=O)(=O)Nc1ccc2c(c1)N(CCc1cnc[nH]1)CC2.N=C(N)c1ccc2c(c1)N(Cc1cnc[nH]1)CC2.NCc1ccc2c(c1)N(Cc1cnc[nH]1)CC2. The van der Waals surface area contributed by atoms with Crippen molar-refractivity contribution >= 4 is 94.2 Å². The number of nitrogens with zero attached hydrogens (tertiary/aromatic N) is 13. The van der Waals surface area contributed by atoms with Crippen molar-refractivity contribution in [3.8, 4) is 0 Å². The van der Waals surface area contributed by atoms with Gasteiger partial charge in [-0.2, -0.15) is 0 Å². The number of aromatic nitrogens is 13. The first-order valence-corrected chi connectivity index (χ1v) is 41.5. The number of carbonyl (C=O) groups excluding carboxylic acids is 2. The van der Waals surface area contributed by atoms with Crippen LogP contribution >= 0.6 is 0 Å². The molecule has 5 aliphatic heterocycles. The first-order chi connectivity index (χ1) is 56.1. The number of fused-ring (bicyclic) bond motifs is 6. The summed E-state index contributed by atoms with van der Waals surface area (Å²) in [7, 11) is -1.81. The molecule has 0 aliphatic carbocycles. The number of rotatable bonds is 21. The Hall–Kier alpha value is -13.1. The maximum atomic E-state index is 11.9. The Labute approximate surface area is 673 Å². The number of H-pyrrole nitrogens is 6. The zero-order valence-corrected chi connectivity index (χ0v) is 67.1. The van der Waals surface area contributed by atoms with Crippen molar-refractivity contribution < 1.29 is 26.4 Å². The molecule has 6 aromatic carbocycles. The Kier molecular flexibility index (Phi) is 26.0. The van der Waals surface area contributed by atoms with Gasteiger partial charge in [0.2, 0.25) is 26.0 Å². The minimum absolute atomic E-state index is 0.0639. The predicted molar refractivity (Wildman–Crippen MR) is 454 cm³/mol. The van der Waals surface area contributed by atoms with Crippen LogP contribution in [0.25, 0.3) is 10.9 Å². The maximum absolute atomic E-state index is 11.9. The molecule has 3 amide bonds. The van der Waals surface area contributed by atoms with Gasteiger partial charge in [-0.3, -0.25) is 19.8 Å². The van der Waals surface area contributed by atoms with Gasteiger partial charge in [-0.1, -0.05) is 48.5 Å². The zero-order chi connectivity index (χ0) is 81.3. The van der Waals surface area contributed by atoms with Crippen LogP contribution in [-0.2, 0) is 103 Å². The van der Waals surface area contributed by atoms with E-state index < -0.39 is 20.0 Å². The fourth-order valence-electron chi connectivity index (χ4n) is 14.6. The van der Waals surface area contributed by atoms with E-state index in [0.29, 0.717) is 23.7 Å². The van der Waals surface area contributed by atoms with E-state index in [1.165, 1.54) is 64.4 Å². The summed E-state index contributed by atoms with van der Waals surface area (Å²) in [6.45, 7) is 11.8. The van der Waals surface area contributed by atoms with Crippen molar-refractivity contribution in [2.45, 2.75) is 89.6 Å². The van der Waals surface area contributed by atoms with E-state index in [2.05, 4.69) is 151 Å². The largest absolute Gasteiger partial charge is 0.384 e. The van der Waals surface area contributed by atoms with Gasteiger partial charge in [-0.05, 0) is 145 Å². The lowest BCUT2D eigenvalue weighted by Gasteiger charge is -2.22. The number of amidine groups is 1. The van der Waals surface area contributed by atoms with E-state index >= 15 is 0 Å². The maximum Gasteiger partial charge on any atom is 0.321 e. The molecule has 0 saturated heterocycles. The molecule has 0 unspecified atom stereocenters. The third-order valence-corrected chi connectivity index (χ3v) is 22.6. The number of imidazole rings is 6. The van der Waals surface area contributed by atoms with Crippen molar-refractivity contribution in [1.29, 1.82) is 5.41 Å². The standard InChI is InChI=1S/C15H19N5O.C14H18N4O2S.C14H14N4O.C13H15N5.C13H16N4O2S.C13H16N4/c1-16-15(21)19(2)13-4-3-11-5-6-20(14(11)7-13)9-12-8-17-10-18-12;1-21(19,20)17-12-3-2-11-4-6-18(14(11)8-12)7-5-13-9-15-10-16-13;1-10(19)17-12-3-2-11-4-5-18(14(11)6-12)8-13-7-15-9-16-13;14-13(15)10-2-1-9-3-4-18(12(9)5-10)7-11-6-16-8-17-11;1-14-20(18,19)12-3-2-10-4-5-17(13(10)6-12)8-11-7-15-9-16-11;14-6-10-1-2-11-3-4-17(13(11)5-10)8-12-7-15-9-16-12/h3-4,7-8,10H,5-6,9H2,1-2H3,(H,16,21)(H,17,18);2-3,8-10,17H,4-7H2,1H3,(H,15,16);2-7,9H,8H2,1H3,(H,15,16)(H,17,19);1-2,5-6,8H,3-4,7H2,(H3,14,15)(H,16,17);2-3,6-7,9,14H,4-5,8H2,1H3,(H,15,16);1-2,5,7,9H,3-4,6,8,14H2,(H,15,16). The molecule has 7 aromatic heterocycles. The molecule has 604 valence electrons. The highest BCUT2D eigenvalue weighted by molar-refractivity contribution is 7.92. The molecule has 0 atom stereocenters. The number of carbonyl (C=O) groups is 2. The molecule has 5 aliphatic rings. The van der Waals surface area contributed by atoms with Crippen LogP contribution in [0.2, 0.25) is 0 Å². The summed E-state index contributed by atoms with van der Waals surface area (Å²) >= 11 is 0. The van der Waals surface area contributed by atoms with E-state index in [0.717, 1.165) is 184 Å². The second-order valence-corrected chi connectivity index (χ2v) is 32.2. The van der Waals surface area contributed by atoms with Crippen LogP contribution in [0.4, 0.5) is 50.3 Å². The molecule has 0 radical (unpaired) electrons. The third kappa shape index (κ3) is 20.8. The molecule has 32 nitrogen and oxygen atoms in total. The number of aromatic amines is 6. The van der Waals surface area contributed by atoms with Crippen LogP contribution in [0.15, 0.2) is 201 Å². The van der Waals surface area contributed by atoms with Gasteiger partial charge >= 0.3 is 6.03 Å². The zero-order valence-electron chi connectivity index (χ0n) is 65.4. The smallest absolute Gasteiger partial charge is 0.321 e. The number of nitrogens with one attached hydrogen (secondary N) is 11.